The molecule has 0 saturated heterocycles. The van der Waals surface area contributed by atoms with Crippen molar-refractivity contribution in [2.45, 2.75) is 20.3 Å². The summed E-state index contributed by atoms with van der Waals surface area (Å²) < 4.78 is 0. The molecular weight excluding hydrogens is 236 g/mol. The van der Waals surface area contributed by atoms with Crippen LogP contribution >= 0.6 is 0 Å². The Morgan fingerprint density at radius 1 is 1.44 bits per heavy atom. The lowest BCUT2D eigenvalue weighted by molar-refractivity contribution is -0.146. The fraction of sp³-hybridized carbons (Fsp3) is 0.545. The van der Waals surface area contributed by atoms with Crippen molar-refractivity contribution in [3.8, 4) is 0 Å². The quantitative estimate of drug-likeness (QED) is 0.588. The minimum absolute atomic E-state index is 0.0783. The minimum atomic E-state index is -0.974. The summed E-state index contributed by atoms with van der Waals surface area (Å²) >= 11 is 0. The molecule has 0 bridgehead atoms. The second kappa shape index (κ2) is 6.04. The van der Waals surface area contributed by atoms with Crippen LogP contribution < -0.4 is 10.6 Å². The number of carbonyl (C=O) groups is 2. The number of aromatic nitrogens is 2. The van der Waals surface area contributed by atoms with Crippen molar-refractivity contribution in [3.05, 3.63) is 18.2 Å². The Bertz CT molecular complexity index is 400. The van der Waals surface area contributed by atoms with Gasteiger partial charge in [0.1, 0.15) is 5.82 Å². The zero-order valence-corrected chi connectivity index (χ0v) is 10.5. The Hall–Kier alpha value is -2.05. The number of aliphatic carboxylic acids is 1. The van der Waals surface area contributed by atoms with Crippen LogP contribution in [0.15, 0.2) is 12.4 Å². The number of H-pyrrole nitrogens is 1. The number of carboxylic acid groups (broad SMARTS) is 1. The summed E-state index contributed by atoms with van der Waals surface area (Å²) in [5, 5.41) is 14.0. The highest BCUT2D eigenvalue weighted by molar-refractivity contribution is 5.77. The number of rotatable bonds is 6. The molecule has 0 aliphatic heterocycles. The Kier molecular flexibility index (Phi) is 4.70. The fourth-order valence-corrected chi connectivity index (χ4v) is 1.17. The maximum Gasteiger partial charge on any atom is 0.314 e. The van der Waals surface area contributed by atoms with Gasteiger partial charge in [-0.1, -0.05) is 0 Å². The van der Waals surface area contributed by atoms with E-state index in [1.807, 2.05) is 0 Å². The first-order valence-corrected chi connectivity index (χ1v) is 5.65. The van der Waals surface area contributed by atoms with Crippen LogP contribution in [-0.4, -0.2) is 40.2 Å². The van der Waals surface area contributed by atoms with Gasteiger partial charge in [0.05, 0.1) is 5.41 Å². The minimum Gasteiger partial charge on any atom is -0.481 e. The summed E-state index contributed by atoms with van der Waals surface area (Å²) in [6.45, 7) is 3.62. The van der Waals surface area contributed by atoms with Gasteiger partial charge >= 0.3 is 12.0 Å². The number of carbonyl (C=O) groups excluding carboxylic acids is 1. The highest BCUT2D eigenvalue weighted by Gasteiger charge is 2.27. The number of urea groups is 1. The van der Waals surface area contributed by atoms with Gasteiger partial charge in [0.15, 0.2) is 0 Å². The summed E-state index contributed by atoms with van der Waals surface area (Å²) in [5.41, 5.74) is -0.974. The monoisotopic (exact) mass is 254 g/mol. The highest BCUT2D eigenvalue weighted by Crippen LogP contribution is 2.12. The van der Waals surface area contributed by atoms with Gasteiger partial charge in [-0.15, -0.1) is 0 Å². The van der Waals surface area contributed by atoms with Crippen LogP contribution in [0.2, 0.25) is 0 Å². The molecule has 0 aromatic carbocycles. The standard InChI is InChI=1S/C11H18N4O3/c1-11(2,9(16)17)7-15-10(18)14-4-3-8-12-5-6-13-8/h5-6H,3-4,7H2,1-2H3,(H,12,13)(H,16,17)(H2,14,15,18). The van der Waals surface area contributed by atoms with Crippen LogP contribution in [0.25, 0.3) is 0 Å². The molecule has 0 saturated carbocycles. The smallest absolute Gasteiger partial charge is 0.314 e. The third kappa shape index (κ3) is 4.44. The number of carboxylic acids is 1. The molecule has 1 heterocycles. The van der Waals surface area contributed by atoms with Gasteiger partial charge in [-0.05, 0) is 13.8 Å². The van der Waals surface area contributed by atoms with Crippen LogP contribution in [0.3, 0.4) is 0 Å². The fourth-order valence-electron chi connectivity index (χ4n) is 1.17. The van der Waals surface area contributed by atoms with Crippen molar-refractivity contribution in [2.24, 2.45) is 5.41 Å². The lowest BCUT2D eigenvalue weighted by Gasteiger charge is -2.19. The van der Waals surface area contributed by atoms with E-state index in [4.69, 9.17) is 5.11 Å². The predicted molar refractivity (Wildman–Crippen MR) is 65.1 cm³/mol. The molecule has 1 aromatic heterocycles. The van der Waals surface area contributed by atoms with Gasteiger partial charge < -0.3 is 20.7 Å². The molecule has 18 heavy (non-hydrogen) atoms. The zero-order chi connectivity index (χ0) is 13.6. The molecule has 0 atom stereocenters. The average Bonchev–Trinajstić information content (AvgIpc) is 2.79. The molecule has 0 fully saturated rings. The van der Waals surface area contributed by atoms with Gasteiger partial charge in [-0.2, -0.15) is 0 Å². The Morgan fingerprint density at radius 3 is 2.72 bits per heavy atom. The number of imidazole rings is 1. The van der Waals surface area contributed by atoms with E-state index in [-0.39, 0.29) is 12.6 Å². The molecule has 4 N–H and O–H groups in total. The molecule has 0 radical (unpaired) electrons. The van der Waals surface area contributed by atoms with E-state index in [1.54, 1.807) is 26.2 Å². The largest absolute Gasteiger partial charge is 0.481 e. The van der Waals surface area contributed by atoms with E-state index in [0.29, 0.717) is 13.0 Å². The molecule has 2 amide bonds. The van der Waals surface area contributed by atoms with Crippen molar-refractivity contribution in [1.82, 2.24) is 20.6 Å². The molecular formula is C11H18N4O3. The molecule has 100 valence electrons. The summed E-state index contributed by atoms with van der Waals surface area (Å²) in [6, 6.07) is -0.379. The van der Waals surface area contributed by atoms with E-state index in [2.05, 4.69) is 20.6 Å². The Balaban J connectivity index is 2.20. The predicted octanol–water partition coefficient (Wildman–Crippen LogP) is 0.362. The molecule has 0 spiro atoms. The summed E-state index contributed by atoms with van der Waals surface area (Å²) in [6.07, 6.45) is 3.96. The van der Waals surface area contributed by atoms with E-state index < -0.39 is 11.4 Å². The third-order valence-corrected chi connectivity index (χ3v) is 2.47. The lowest BCUT2D eigenvalue weighted by atomic mass is 9.94. The number of hydrogen-bond donors (Lipinski definition) is 4. The number of nitrogens with one attached hydrogen (secondary N) is 3. The van der Waals surface area contributed by atoms with Gasteiger partial charge in [-0.25, -0.2) is 9.78 Å². The van der Waals surface area contributed by atoms with Crippen LogP contribution in [0, 0.1) is 5.41 Å². The van der Waals surface area contributed by atoms with E-state index in [0.717, 1.165) is 5.82 Å². The van der Waals surface area contributed by atoms with Crippen molar-refractivity contribution >= 4 is 12.0 Å². The van der Waals surface area contributed by atoms with Gasteiger partial charge in [0.2, 0.25) is 0 Å². The van der Waals surface area contributed by atoms with Gasteiger partial charge in [-0.3, -0.25) is 4.79 Å². The molecule has 1 rings (SSSR count). The van der Waals surface area contributed by atoms with Gasteiger partial charge in [0.25, 0.3) is 0 Å². The molecule has 0 aliphatic rings. The molecule has 7 heteroatoms. The zero-order valence-electron chi connectivity index (χ0n) is 10.5. The number of amides is 2. The van der Waals surface area contributed by atoms with E-state index in [9.17, 15) is 9.59 Å². The van der Waals surface area contributed by atoms with E-state index in [1.165, 1.54) is 0 Å². The Morgan fingerprint density at radius 2 is 2.17 bits per heavy atom. The highest BCUT2D eigenvalue weighted by atomic mass is 16.4. The summed E-state index contributed by atoms with van der Waals surface area (Å²) in [5.74, 6) is -0.153. The maximum atomic E-state index is 11.4. The number of hydrogen-bond acceptors (Lipinski definition) is 3. The normalized spacial score (nSPS) is 11.0. The average molecular weight is 254 g/mol. The summed E-state index contributed by atoms with van der Waals surface area (Å²) in [7, 11) is 0. The number of aromatic amines is 1. The van der Waals surface area contributed by atoms with Crippen LogP contribution in [-0.2, 0) is 11.2 Å². The molecule has 7 nitrogen and oxygen atoms in total. The van der Waals surface area contributed by atoms with Crippen molar-refractivity contribution in [1.29, 1.82) is 0 Å². The first-order chi connectivity index (χ1) is 8.42. The number of nitrogens with zero attached hydrogens (tertiary/aromatic N) is 1. The second-order valence-electron chi connectivity index (χ2n) is 4.58. The lowest BCUT2D eigenvalue weighted by Crippen LogP contribution is -2.44. The topological polar surface area (TPSA) is 107 Å². The molecule has 0 aliphatic carbocycles. The first kappa shape index (κ1) is 14.0. The van der Waals surface area contributed by atoms with Crippen LogP contribution in [0.1, 0.15) is 19.7 Å². The maximum absolute atomic E-state index is 11.4. The van der Waals surface area contributed by atoms with Crippen LogP contribution in [0.4, 0.5) is 4.79 Å². The summed E-state index contributed by atoms with van der Waals surface area (Å²) in [4.78, 5) is 29.2. The first-order valence-electron chi connectivity index (χ1n) is 5.65. The SMILES string of the molecule is CC(C)(CNC(=O)NCCc1ncc[nH]1)C(=O)O. The van der Waals surface area contributed by atoms with Crippen molar-refractivity contribution in [3.63, 3.8) is 0 Å². The van der Waals surface area contributed by atoms with Crippen molar-refractivity contribution in [2.75, 3.05) is 13.1 Å². The molecule has 0 unspecified atom stereocenters. The third-order valence-electron chi connectivity index (χ3n) is 2.47. The molecule has 1 aromatic rings. The van der Waals surface area contributed by atoms with Crippen LogP contribution in [0.5, 0.6) is 0 Å². The van der Waals surface area contributed by atoms with E-state index >= 15 is 0 Å². The van der Waals surface area contributed by atoms with Crippen molar-refractivity contribution < 1.29 is 14.7 Å². The Labute approximate surface area is 105 Å². The van der Waals surface area contributed by atoms with Gasteiger partial charge in [0, 0.05) is 31.9 Å². The second-order valence-corrected chi connectivity index (χ2v) is 4.58.